The number of aryl methyl sites for hydroxylation is 1. The number of aliphatic hydroxyl groups is 1. The Morgan fingerprint density at radius 3 is 2.27 bits per heavy atom. The molecule has 2 aliphatic rings. The lowest BCUT2D eigenvalue weighted by Crippen LogP contribution is -2.41. The molecule has 1 aliphatic carbocycles. The van der Waals surface area contributed by atoms with Crippen LogP contribution in [0.15, 0.2) is 64.9 Å². The SMILES string of the molecule is C=C(\C=C(C)/C(=C\C)C(=C/c1cnc(NC(=O)C2CC2F)cc1C)/C(=C/CC)C(=O)N1CCOCC1)C(O)CC.CC.CCC. The molecule has 2 fully saturated rings. The van der Waals surface area contributed by atoms with Crippen LogP contribution >= 0.6 is 0 Å². The number of morpholine rings is 1. The summed E-state index contributed by atoms with van der Waals surface area (Å²) in [6.07, 6.45) is 10.3. The van der Waals surface area contributed by atoms with Crippen molar-refractivity contribution >= 4 is 23.7 Å². The number of carbonyl (C=O) groups is 2. The fourth-order valence-electron chi connectivity index (χ4n) is 4.66. The number of allylic oxidation sites excluding steroid dienone is 4. The average molecular weight is 626 g/mol. The van der Waals surface area contributed by atoms with E-state index in [9.17, 15) is 19.1 Å². The zero-order valence-corrected chi connectivity index (χ0v) is 29.0. The van der Waals surface area contributed by atoms with Crippen molar-refractivity contribution in [2.24, 2.45) is 5.92 Å². The van der Waals surface area contributed by atoms with Gasteiger partial charge in [0.25, 0.3) is 5.91 Å². The molecule has 45 heavy (non-hydrogen) atoms. The smallest absolute Gasteiger partial charge is 0.254 e. The molecule has 0 spiro atoms. The molecule has 3 atom stereocenters. The molecule has 1 aromatic rings. The second-order valence-electron chi connectivity index (χ2n) is 11.0. The Hall–Kier alpha value is -3.36. The van der Waals surface area contributed by atoms with Crippen LogP contribution in [0, 0.1) is 12.8 Å². The summed E-state index contributed by atoms with van der Waals surface area (Å²) in [4.78, 5) is 32.3. The van der Waals surface area contributed by atoms with E-state index in [0.29, 0.717) is 56.1 Å². The molecule has 1 saturated heterocycles. The van der Waals surface area contributed by atoms with Crippen LogP contribution in [-0.2, 0) is 14.3 Å². The number of halogens is 1. The topological polar surface area (TPSA) is 91.8 Å². The second-order valence-corrected chi connectivity index (χ2v) is 11.0. The summed E-state index contributed by atoms with van der Waals surface area (Å²) in [5, 5.41) is 13.0. The summed E-state index contributed by atoms with van der Waals surface area (Å²) in [5.41, 5.74) is 5.23. The highest BCUT2D eigenvalue weighted by Crippen LogP contribution is 2.35. The van der Waals surface area contributed by atoms with Gasteiger partial charge in [-0.3, -0.25) is 9.59 Å². The largest absolute Gasteiger partial charge is 0.388 e. The predicted octanol–water partition coefficient (Wildman–Crippen LogP) is 7.93. The van der Waals surface area contributed by atoms with E-state index in [1.807, 2.05) is 77.7 Å². The van der Waals surface area contributed by atoms with Crippen LogP contribution in [-0.4, -0.2) is 65.4 Å². The predicted molar refractivity (Wildman–Crippen MR) is 185 cm³/mol. The monoisotopic (exact) mass is 625 g/mol. The highest BCUT2D eigenvalue weighted by atomic mass is 19.1. The minimum Gasteiger partial charge on any atom is -0.388 e. The third-order valence-corrected chi connectivity index (χ3v) is 7.20. The molecule has 0 aromatic carbocycles. The van der Waals surface area contributed by atoms with E-state index < -0.39 is 18.2 Å². The molecule has 2 amide bonds. The summed E-state index contributed by atoms with van der Waals surface area (Å²) in [6, 6.07) is 1.75. The van der Waals surface area contributed by atoms with Crippen LogP contribution in [0.25, 0.3) is 6.08 Å². The first-order valence-electron chi connectivity index (χ1n) is 16.5. The molecule has 7 nitrogen and oxygen atoms in total. The van der Waals surface area contributed by atoms with Gasteiger partial charge in [0.2, 0.25) is 5.91 Å². The first-order valence-corrected chi connectivity index (χ1v) is 16.5. The second kappa shape index (κ2) is 20.6. The van der Waals surface area contributed by atoms with Crippen molar-refractivity contribution in [1.82, 2.24) is 9.88 Å². The Kier molecular flexibility index (Phi) is 18.2. The summed E-state index contributed by atoms with van der Waals surface area (Å²) in [6.45, 7) is 24.0. The molecule has 1 aromatic heterocycles. The van der Waals surface area contributed by atoms with E-state index in [1.165, 1.54) is 6.42 Å². The first kappa shape index (κ1) is 39.7. The average Bonchev–Trinajstić information content (AvgIpc) is 3.78. The van der Waals surface area contributed by atoms with Gasteiger partial charge < -0.3 is 20.1 Å². The number of alkyl halides is 1. The fourth-order valence-corrected chi connectivity index (χ4v) is 4.66. The van der Waals surface area contributed by atoms with Gasteiger partial charge in [-0.05, 0) is 85.6 Å². The van der Waals surface area contributed by atoms with Crippen molar-refractivity contribution < 1.29 is 23.8 Å². The molecule has 1 aliphatic heterocycles. The molecule has 0 radical (unpaired) electrons. The summed E-state index contributed by atoms with van der Waals surface area (Å²) < 4.78 is 18.8. The Labute approximate surface area is 271 Å². The van der Waals surface area contributed by atoms with E-state index in [0.717, 1.165) is 27.8 Å². The van der Waals surface area contributed by atoms with Crippen molar-refractivity contribution in [3.05, 3.63) is 76.1 Å². The Morgan fingerprint density at radius 1 is 1.18 bits per heavy atom. The lowest BCUT2D eigenvalue weighted by Gasteiger charge is -2.29. The maximum Gasteiger partial charge on any atom is 0.254 e. The third-order valence-electron chi connectivity index (χ3n) is 7.20. The van der Waals surface area contributed by atoms with Gasteiger partial charge in [-0.25, -0.2) is 9.37 Å². The van der Waals surface area contributed by atoms with E-state index in [4.69, 9.17) is 4.74 Å². The molecule has 250 valence electrons. The molecule has 8 heteroatoms. The molecule has 0 bridgehead atoms. The van der Waals surface area contributed by atoms with Gasteiger partial charge >= 0.3 is 0 Å². The third kappa shape index (κ3) is 12.2. The Bertz CT molecular complexity index is 1260. The number of ether oxygens (including phenoxy) is 1. The van der Waals surface area contributed by atoms with Crippen LogP contribution < -0.4 is 5.32 Å². The van der Waals surface area contributed by atoms with Crippen LogP contribution in [0.1, 0.15) is 92.2 Å². The number of carbonyl (C=O) groups excluding carboxylic acids is 2. The highest BCUT2D eigenvalue weighted by molar-refractivity contribution is 6.01. The highest BCUT2D eigenvalue weighted by Gasteiger charge is 2.43. The minimum absolute atomic E-state index is 0.0734. The van der Waals surface area contributed by atoms with Crippen molar-refractivity contribution in [3.8, 4) is 0 Å². The minimum atomic E-state index is -1.08. The van der Waals surface area contributed by atoms with Crippen LogP contribution in [0.3, 0.4) is 0 Å². The van der Waals surface area contributed by atoms with Crippen LogP contribution in [0.2, 0.25) is 0 Å². The van der Waals surface area contributed by atoms with E-state index in [2.05, 4.69) is 30.7 Å². The molecule has 2 heterocycles. The molecule has 3 rings (SSSR count). The van der Waals surface area contributed by atoms with Crippen LogP contribution in [0.4, 0.5) is 10.2 Å². The van der Waals surface area contributed by atoms with Gasteiger partial charge in [-0.15, -0.1) is 0 Å². The Morgan fingerprint density at radius 2 is 1.78 bits per heavy atom. The van der Waals surface area contributed by atoms with Crippen molar-refractivity contribution in [2.75, 3.05) is 31.6 Å². The molecular weight excluding hydrogens is 569 g/mol. The summed E-state index contributed by atoms with van der Waals surface area (Å²) in [7, 11) is 0. The number of aromatic nitrogens is 1. The van der Waals surface area contributed by atoms with E-state index in [-0.39, 0.29) is 18.2 Å². The number of nitrogens with one attached hydrogen (secondary N) is 1. The fraction of sp³-hybridized carbons (Fsp3) is 0.541. The number of rotatable bonds is 11. The van der Waals surface area contributed by atoms with Gasteiger partial charge in [-0.1, -0.05) is 72.8 Å². The molecule has 1 saturated carbocycles. The number of anilines is 1. The number of amides is 2. The van der Waals surface area contributed by atoms with Crippen molar-refractivity contribution in [1.29, 1.82) is 0 Å². The number of hydrogen-bond donors (Lipinski definition) is 2. The van der Waals surface area contributed by atoms with Gasteiger partial charge in [0.1, 0.15) is 12.0 Å². The quantitative estimate of drug-likeness (QED) is 0.193. The summed E-state index contributed by atoms with van der Waals surface area (Å²) in [5.74, 6) is -0.676. The normalized spacial score (nSPS) is 19.4. The van der Waals surface area contributed by atoms with Crippen molar-refractivity contribution in [3.63, 3.8) is 0 Å². The Balaban J connectivity index is 0.00000191. The van der Waals surface area contributed by atoms with E-state index >= 15 is 0 Å². The van der Waals surface area contributed by atoms with Crippen molar-refractivity contribution in [2.45, 2.75) is 100 Å². The standard InChI is InChI=1S/C32H42FN3O4.C3H8.C2H6/c1-7-10-25(32(39)36-11-13-40-14-12-36)26(24(8-2)21(5)15-22(6)29(37)9-3)17-23-19-34-30(16-20(23)4)35-31(38)27-18-28(27)33;1-3-2;1-2/h8,10,15-17,19,27-29,37H,6-7,9,11-14,18H2,1-5H3,(H,34,35,38);3H2,1-2H3;1-2H3/b21-15-,24-8+,25-10-,26-17-;;. The molecule has 2 N–H and O–H groups in total. The number of nitrogens with zero attached hydrogens (tertiary/aromatic N) is 2. The molecular formula is C37H56FN3O4. The number of hydrogen-bond acceptors (Lipinski definition) is 5. The first-order chi connectivity index (χ1) is 21.5. The maximum absolute atomic E-state index is 13.9. The van der Waals surface area contributed by atoms with Gasteiger partial charge in [0, 0.05) is 24.9 Å². The maximum atomic E-state index is 13.9. The van der Waals surface area contributed by atoms with Gasteiger partial charge in [0.15, 0.2) is 0 Å². The van der Waals surface area contributed by atoms with E-state index in [1.54, 1.807) is 12.3 Å². The lowest BCUT2D eigenvalue weighted by atomic mass is 9.88. The van der Waals surface area contributed by atoms with Gasteiger partial charge in [-0.2, -0.15) is 0 Å². The summed E-state index contributed by atoms with van der Waals surface area (Å²) >= 11 is 0. The lowest BCUT2D eigenvalue weighted by molar-refractivity contribution is -0.130. The number of pyridine rings is 1. The molecule has 3 unspecified atom stereocenters. The zero-order chi connectivity index (χ0) is 34.1. The van der Waals surface area contributed by atoms with Gasteiger partial charge in [0.05, 0.1) is 25.2 Å². The zero-order valence-electron chi connectivity index (χ0n) is 29.0. The van der Waals surface area contributed by atoms with Crippen LogP contribution in [0.5, 0.6) is 0 Å². The number of aliphatic hydroxyl groups excluding tert-OH is 1.